The lowest BCUT2D eigenvalue weighted by Gasteiger charge is -2.33. The zero-order valence-electron chi connectivity index (χ0n) is 14.8. The van der Waals surface area contributed by atoms with Gasteiger partial charge in [0.2, 0.25) is 15.9 Å². The van der Waals surface area contributed by atoms with Gasteiger partial charge in [0.1, 0.15) is 0 Å². The van der Waals surface area contributed by atoms with Crippen LogP contribution >= 0.6 is 0 Å². The molecule has 0 spiro atoms. The van der Waals surface area contributed by atoms with Crippen molar-refractivity contribution in [3.63, 3.8) is 0 Å². The van der Waals surface area contributed by atoms with E-state index in [0.717, 1.165) is 4.90 Å². The van der Waals surface area contributed by atoms with Crippen LogP contribution < -0.4 is 4.72 Å². The van der Waals surface area contributed by atoms with E-state index >= 15 is 0 Å². The predicted octanol–water partition coefficient (Wildman–Crippen LogP) is 2.36. The Kier molecular flexibility index (Phi) is 6.63. The average molecular weight is 406 g/mol. The van der Waals surface area contributed by atoms with Crippen molar-refractivity contribution in [1.29, 1.82) is 0 Å². The summed E-state index contributed by atoms with van der Waals surface area (Å²) in [6.45, 7) is 0.992. The maximum Gasteiger partial charge on any atom is 0.393 e. The Morgan fingerprint density at radius 3 is 2.41 bits per heavy atom. The molecule has 0 radical (unpaired) electrons. The van der Waals surface area contributed by atoms with Crippen molar-refractivity contribution >= 4 is 21.7 Å². The van der Waals surface area contributed by atoms with Gasteiger partial charge in [0.25, 0.3) is 0 Å². The van der Waals surface area contributed by atoms with Crippen molar-refractivity contribution in [2.24, 2.45) is 5.92 Å². The van der Waals surface area contributed by atoms with E-state index in [4.69, 9.17) is 0 Å². The first kappa shape index (κ1) is 21.4. The number of likely N-dealkylation sites (tertiary alicyclic amines) is 1. The first-order valence-corrected chi connectivity index (χ1v) is 9.94. The van der Waals surface area contributed by atoms with E-state index in [-0.39, 0.29) is 49.6 Å². The Hall–Kier alpha value is -1.94. The fourth-order valence-electron chi connectivity index (χ4n) is 2.87. The number of hydrogen-bond acceptors (Lipinski definition) is 4. The Morgan fingerprint density at radius 2 is 1.85 bits per heavy atom. The molecule has 1 aliphatic heterocycles. The number of amides is 1. The molecule has 0 unspecified atom stereocenters. The molecular formula is C17H21F3N2O4S. The summed E-state index contributed by atoms with van der Waals surface area (Å²) >= 11 is 0. The zero-order chi connectivity index (χ0) is 20.2. The maximum absolute atomic E-state index is 12.8. The summed E-state index contributed by atoms with van der Waals surface area (Å²) < 4.78 is 65.0. The average Bonchev–Trinajstić information content (AvgIpc) is 2.61. The second-order valence-corrected chi connectivity index (χ2v) is 8.22. The lowest BCUT2D eigenvalue weighted by atomic mass is 9.97. The van der Waals surface area contributed by atoms with E-state index in [1.807, 2.05) is 0 Å². The molecule has 0 aromatic heterocycles. The van der Waals surface area contributed by atoms with Crippen molar-refractivity contribution in [1.82, 2.24) is 9.62 Å². The number of carbonyl (C=O) groups excluding carboxylic acids is 2. The summed E-state index contributed by atoms with van der Waals surface area (Å²) in [5.41, 5.74) is 0.369. The van der Waals surface area contributed by atoms with Crippen LogP contribution in [0.15, 0.2) is 29.2 Å². The quantitative estimate of drug-likeness (QED) is 0.735. The molecule has 27 heavy (non-hydrogen) atoms. The van der Waals surface area contributed by atoms with Gasteiger partial charge >= 0.3 is 6.18 Å². The molecule has 1 heterocycles. The maximum atomic E-state index is 12.8. The van der Waals surface area contributed by atoms with Crippen LogP contribution in [0.1, 0.15) is 36.5 Å². The molecule has 6 nitrogen and oxygen atoms in total. The third kappa shape index (κ3) is 5.77. The van der Waals surface area contributed by atoms with Crippen LogP contribution in [0.2, 0.25) is 0 Å². The van der Waals surface area contributed by atoms with Gasteiger partial charge in [-0.1, -0.05) is 12.1 Å². The van der Waals surface area contributed by atoms with Gasteiger partial charge in [-0.15, -0.1) is 0 Å². The molecule has 1 aliphatic rings. The SMILES string of the molecule is CC(=O)c1ccc(S(=O)(=O)NCCC(=O)N2CCC[C@H](C(F)(F)F)C2)cc1. The van der Waals surface area contributed by atoms with Gasteiger partial charge < -0.3 is 4.90 Å². The molecule has 2 rings (SSSR count). The van der Waals surface area contributed by atoms with Gasteiger partial charge in [0.15, 0.2) is 5.78 Å². The molecule has 150 valence electrons. The smallest absolute Gasteiger partial charge is 0.342 e. The van der Waals surface area contributed by atoms with Crippen LogP contribution in [0.3, 0.4) is 0 Å². The summed E-state index contributed by atoms with van der Waals surface area (Å²) in [5, 5.41) is 0. The molecule has 0 bridgehead atoms. The van der Waals surface area contributed by atoms with Gasteiger partial charge in [0.05, 0.1) is 10.8 Å². The normalized spacial score (nSPS) is 18.4. The number of piperidine rings is 1. The molecule has 1 aromatic rings. The Morgan fingerprint density at radius 1 is 1.22 bits per heavy atom. The third-order valence-electron chi connectivity index (χ3n) is 4.44. The number of halogens is 3. The number of ketones is 1. The van der Waals surface area contributed by atoms with Crippen molar-refractivity contribution in [3.05, 3.63) is 29.8 Å². The van der Waals surface area contributed by atoms with E-state index in [0.29, 0.717) is 5.56 Å². The van der Waals surface area contributed by atoms with Crippen LogP contribution in [-0.2, 0) is 14.8 Å². The molecule has 1 saturated heterocycles. The van der Waals surface area contributed by atoms with E-state index in [2.05, 4.69) is 4.72 Å². The van der Waals surface area contributed by atoms with Gasteiger partial charge in [0, 0.05) is 31.6 Å². The Bertz CT molecular complexity index is 791. The van der Waals surface area contributed by atoms with Crippen LogP contribution in [0.4, 0.5) is 13.2 Å². The minimum Gasteiger partial charge on any atom is -0.342 e. The monoisotopic (exact) mass is 406 g/mol. The summed E-state index contributed by atoms with van der Waals surface area (Å²) in [7, 11) is -3.88. The van der Waals surface area contributed by atoms with Crippen molar-refractivity contribution in [2.45, 2.75) is 37.3 Å². The van der Waals surface area contributed by atoms with E-state index in [1.54, 1.807) is 0 Å². The van der Waals surface area contributed by atoms with E-state index in [9.17, 15) is 31.2 Å². The summed E-state index contributed by atoms with van der Waals surface area (Å²) in [4.78, 5) is 24.4. The predicted molar refractivity (Wildman–Crippen MR) is 91.6 cm³/mol. The molecule has 1 amide bonds. The van der Waals surface area contributed by atoms with Crippen LogP contribution in [-0.4, -0.2) is 50.8 Å². The zero-order valence-corrected chi connectivity index (χ0v) is 15.6. The number of alkyl halides is 3. The highest BCUT2D eigenvalue weighted by molar-refractivity contribution is 7.89. The highest BCUT2D eigenvalue weighted by Crippen LogP contribution is 2.33. The van der Waals surface area contributed by atoms with Crippen LogP contribution in [0.5, 0.6) is 0 Å². The molecule has 10 heteroatoms. The lowest BCUT2D eigenvalue weighted by Crippen LogP contribution is -2.45. The Balaban J connectivity index is 1.89. The van der Waals surface area contributed by atoms with Gasteiger partial charge in [-0.2, -0.15) is 13.2 Å². The summed E-state index contributed by atoms with van der Waals surface area (Å²) in [6, 6.07) is 5.32. The third-order valence-corrected chi connectivity index (χ3v) is 5.92. The van der Waals surface area contributed by atoms with E-state index in [1.165, 1.54) is 31.2 Å². The fraction of sp³-hybridized carbons (Fsp3) is 0.529. The van der Waals surface area contributed by atoms with E-state index < -0.39 is 28.0 Å². The highest BCUT2D eigenvalue weighted by Gasteiger charge is 2.42. The molecule has 1 N–H and O–H groups in total. The van der Waals surface area contributed by atoms with Gasteiger partial charge in [-0.25, -0.2) is 13.1 Å². The van der Waals surface area contributed by atoms with Gasteiger partial charge in [-0.05, 0) is 31.9 Å². The number of rotatable bonds is 6. The van der Waals surface area contributed by atoms with Crippen LogP contribution in [0, 0.1) is 5.92 Å². The first-order chi connectivity index (χ1) is 12.5. The van der Waals surface area contributed by atoms with Gasteiger partial charge in [-0.3, -0.25) is 9.59 Å². The van der Waals surface area contributed by atoms with Crippen LogP contribution in [0.25, 0.3) is 0 Å². The number of nitrogens with one attached hydrogen (secondary N) is 1. The molecule has 1 aromatic carbocycles. The largest absolute Gasteiger partial charge is 0.393 e. The number of hydrogen-bond donors (Lipinski definition) is 1. The standard InChI is InChI=1S/C17H21F3N2O4S/c1-12(23)13-4-6-15(7-5-13)27(25,26)21-9-8-16(24)22-10-2-3-14(11-22)17(18,19)20/h4-7,14,21H,2-3,8-11H2,1H3/t14-/m0/s1. The summed E-state index contributed by atoms with van der Waals surface area (Å²) in [5.74, 6) is -2.25. The fourth-order valence-corrected chi connectivity index (χ4v) is 3.91. The number of sulfonamides is 1. The number of nitrogens with zero attached hydrogens (tertiary/aromatic N) is 1. The molecule has 1 atom stereocenters. The highest BCUT2D eigenvalue weighted by atomic mass is 32.2. The van der Waals surface area contributed by atoms with Crippen molar-refractivity contribution < 1.29 is 31.2 Å². The number of Topliss-reactive ketones (excluding diaryl/α,β-unsaturated/α-hetero) is 1. The lowest BCUT2D eigenvalue weighted by molar-refractivity contribution is -0.188. The summed E-state index contributed by atoms with van der Waals surface area (Å²) in [6.07, 6.45) is -4.30. The molecule has 1 fully saturated rings. The van der Waals surface area contributed by atoms with Crippen molar-refractivity contribution in [2.75, 3.05) is 19.6 Å². The second-order valence-electron chi connectivity index (χ2n) is 6.45. The number of benzene rings is 1. The van der Waals surface area contributed by atoms with Crippen molar-refractivity contribution in [3.8, 4) is 0 Å². The topological polar surface area (TPSA) is 83.5 Å². The second kappa shape index (κ2) is 8.39. The minimum atomic E-state index is -4.34. The Labute approximate surface area is 155 Å². The molecule has 0 saturated carbocycles. The molecular weight excluding hydrogens is 385 g/mol. The molecule has 0 aliphatic carbocycles. The number of carbonyl (C=O) groups is 2. The first-order valence-electron chi connectivity index (χ1n) is 8.46. The minimum absolute atomic E-state index is 0.00380.